The van der Waals surface area contributed by atoms with E-state index in [-0.39, 0.29) is 29.6 Å². The summed E-state index contributed by atoms with van der Waals surface area (Å²) in [6.07, 6.45) is 6.63. The molecule has 0 atom stereocenters. The molecule has 2 amide bonds. The van der Waals surface area contributed by atoms with Crippen molar-refractivity contribution in [3.8, 4) is 5.75 Å². The molecule has 3 N–H and O–H groups in total. The van der Waals surface area contributed by atoms with Crippen molar-refractivity contribution in [2.45, 2.75) is 62.6 Å². The Hall–Kier alpha value is -3.58. The molecule has 11 nitrogen and oxygen atoms in total. The van der Waals surface area contributed by atoms with Crippen molar-refractivity contribution in [3.63, 3.8) is 0 Å². The molecule has 1 aromatic carbocycles. The predicted molar refractivity (Wildman–Crippen MR) is 155 cm³/mol. The van der Waals surface area contributed by atoms with Gasteiger partial charge >= 0.3 is 5.92 Å². The number of carbonyl (C=O) groups excluding carboxylic acids is 2. The number of hydrogen-bond donors (Lipinski definition) is 3. The van der Waals surface area contributed by atoms with Crippen LogP contribution >= 0.6 is 0 Å². The number of carbonyl (C=O) groups is 2. The number of benzene rings is 1. The Morgan fingerprint density at radius 3 is 2.52 bits per heavy atom. The number of likely N-dealkylation sites (tertiary alicyclic amines) is 1. The highest BCUT2D eigenvalue weighted by atomic mass is 19.3. The zero-order chi connectivity index (χ0) is 29.4. The van der Waals surface area contributed by atoms with Crippen LogP contribution < -0.4 is 30.5 Å². The van der Waals surface area contributed by atoms with Crippen LogP contribution in [0.2, 0.25) is 0 Å². The maximum Gasteiger partial charge on any atom is 0.342 e. The molecule has 1 aromatic heterocycles. The van der Waals surface area contributed by atoms with Gasteiger partial charge in [-0.3, -0.25) is 14.5 Å². The van der Waals surface area contributed by atoms with Gasteiger partial charge in [0.15, 0.2) is 5.82 Å². The van der Waals surface area contributed by atoms with Gasteiger partial charge < -0.3 is 30.5 Å². The highest BCUT2D eigenvalue weighted by Crippen LogP contribution is 2.40. The second-order valence-electron chi connectivity index (χ2n) is 11.7. The summed E-state index contributed by atoms with van der Waals surface area (Å²) in [4.78, 5) is 39.5. The van der Waals surface area contributed by atoms with E-state index in [0.717, 1.165) is 69.6 Å². The number of aromatic nitrogens is 2. The second-order valence-corrected chi connectivity index (χ2v) is 11.7. The molecule has 4 aliphatic rings. The van der Waals surface area contributed by atoms with Crippen LogP contribution in [0.4, 0.5) is 31.9 Å². The van der Waals surface area contributed by atoms with Gasteiger partial charge in [0.2, 0.25) is 5.95 Å². The third kappa shape index (κ3) is 5.59. The van der Waals surface area contributed by atoms with E-state index in [0.29, 0.717) is 28.9 Å². The third-order valence-electron chi connectivity index (χ3n) is 8.99. The summed E-state index contributed by atoms with van der Waals surface area (Å²) in [6.45, 7) is 3.31. The summed E-state index contributed by atoms with van der Waals surface area (Å²) in [6, 6.07) is 5.69. The number of rotatable bonds is 7. The van der Waals surface area contributed by atoms with Crippen molar-refractivity contribution in [3.05, 3.63) is 30.0 Å². The lowest BCUT2D eigenvalue weighted by Gasteiger charge is -2.42. The maximum atomic E-state index is 14.9. The first-order valence-corrected chi connectivity index (χ1v) is 14.7. The van der Waals surface area contributed by atoms with Crippen molar-refractivity contribution in [2.75, 3.05) is 62.0 Å². The zero-order valence-corrected chi connectivity index (χ0v) is 24.0. The number of alkyl halides is 2. The second kappa shape index (κ2) is 11.6. The molecule has 2 saturated heterocycles. The van der Waals surface area contributed by atoms with Crippen LogP contribution in [-0.2, 0) is 4.79 Å². The lowest BCUT2D eigenvalue weighted by atomic mass is 10.0. The normalized spacial score (nSPS) is 22.0. The van der Waals surface area contributed by atoms with Crippen LogP contribution in [0.15, 0.2) is 24.4 Å². The summed E-state index contributed by atoms with van der Waals surface area (Å²) in [5, 5.41) is 9.58. The van der Waals surface area contributed by atoms with Gasteiger partial charge in [-0.2, -0.15) is 13.8 Å². The van der Waals surface area contributed by atoms with Crippen molar-refractivity contribution in [2.24, 2.45) is 0 Å². The average Bonchev–Trinajstić information content (AvgIpc) is 3.48. The number of fused-ring (bicyclic) bond motifs is 1. The van der Waals surface area contributed by atoms with E-state index in [9.17, 15) is 18.4 Å². The zero-order valence-electron chi connectivity index (χ0n) is 24.0. The van der Waals surface area contributed by atoms with Crippen molar-refractivity contribution < 1.29 is 23.1 Å². The van der Waals surface area contributed by atoms with E-state index in [1.54, 1.807) is 23.1 Å². The summed E-state index contributed by atoms with van der Waals surface area (Å²) >= 11 is 0. The number of nitrogens with one attached hydrogen (secondary N) is 3. The van der Waals surface area contributed by atoms with Crippen LogP contribution in [0, 0.1) is 0 Å². The van der Waals surface area contributed by atoms with Gasteiger partial charge in [-0.05, 0) is 43.9 Å². The number of piperidine rings is 1. The predicted octanol–water partition coefficient (Wildman–Crippen LogP) is 2.76. The number of nitrogens with zero attached hydrogens (tertiary/aromatic N) is 5. The Bertz CT molecular complexity index is 1330. The molecule has 0 bridgehead atoms. The van der Waals surface area contributed by atoms with Crippen molar-refractivity contribution >= 4 is 35.0 Å². The van der Waals surface area contributed by atoms with Gasteiger partial charge in [0.25, 0.3) is 11.8 Å². The first-order chi connectivity index (χ1) is 20.2. The minimum atomic E-state index is -3.55. The van der Waals surface area contributed by atoms with Crippen molar-refractivity contribution in [1.82, 2.24) is 25.5 Å². The molecular formula is C29H38F2N8O3. The van der Waals surface area contributed by atoms with Gasteiger partial charge in [-0.25, -0.2) is 4.98 Å². The summed E-state index contributed by atoms with van der Waals surface area (Å²) in [7, 11) is 2.83. The first-order valence-electron chi connectivity index (χ1n) is 14.7. The monoisotopic (exact) mass is 584 g/mol. The number of anilines is 4. The fourth-order valence-electron chi connectivity index (χ4n) is 6.37. The van der Waals surface area contributed by atoms with Crippen LogP contribution in [0.25, 0.3) is 0 Å². The lowest BCUT2D eigenvalue weighted by Crippen LogP contribution is -2.60. The Balaban J connectivity index is 1.18. The topological polar surface area (TPSA) is 115 Å². The lowest BCUT2D eigenvalue weighted by molar-refractivity contribution is -0.140. The molecule has 2 aromatic rings. The molecule has 6 rings (SSSR count). The van der Waals surface area contributed by atoms with Crippen LogP contribution in [0.1, 0.15) is 48.9 Å². The van der Waals surface area contributed by atoms with E-state index in [1.807, 2.05) is 0 Å². The minimum Gasteiger partial charge on any atom is -0.495 e. The van der Waals surface area contributed by atoms with Gasteiger partial charge in [0.1, 0.15) is 11.4 Å². The van der Waals surface area contributed by atoms with E-state index in [4.69, 9.17) is 4.74 Å². The SMILES string of the molecule is COc1cc(C(=O)NC2CCN(C3CNC3)CC2)ccc1Nc1ncc2c(n1)N(C1CCCC1)CC(F)(F)C(=O)N2C. The quantitative estimate of drug-likeness (QED) is 0.452. The van der Waals surface area contributed by atoms with Gasteiger partial charge in [-0.1, -0.05) is 12.8 Å². The number of ether oxygens (including phenoxy) is 1. The molecule has 226 valence electrons. The highest BCUT2D eigenvalue weighted by molar-refractivity contribution is 6.02. The molecule has 3 fully saturated rings. The number of methoxy groups -OCH3 is 1. The molecule has 1 saturated carbocycles. The van der Waals surface area contributed by atoms with E-state index in [2.05, 4.69) is 30.8 Å². The molecular weight excluding hydrogens is 546 g/mol. The van der Waals surface area contributed by atoms with Gasteiger partial charge in [0, 0.05) is 56.9 Å². The molecule has 4 heterocycles. The van der Waals surface area contributed by atoms with Crippen LogP contribution in [0.3, 0.4) is 0 Å². The molecule has 0 radical (unpaired) electrons. The molecule has 42 heavy (non-hydrogen) atoms. The average molecular weight is 585 g/mol. The van der Waals surface area contributed by atoms with Crippen LogP contribution in [-0.4, -0.2) is 97.6 Å². The highest BCUT2D eigenvalue weighted by Gasteiger charge is 2.48. The van der Waals surface area contributed by atoms with Gasteiger partial charge in [-0.15, -0.1) is 0 Å². The summed E-state index contributed by atoms with van der Waals surface area (Å²) < 4.78 is 35.4. The van der Waals surface area contributed by atoms with E-state index < -0.39 is 18.4 Å². The maximum absolute atomic E-state index is 14.9. The van der Waals surface area contributed by atoms with E-state index in [1.165, 1.54) is 20.4 Å². The fraction of sp³-hybridized carbons (Fsp3) is 0.586. The van der Waals surface area contributed by atoms with Crippen LogP contribution in [0.5, 0.6) is 5.75 Å². The van der Waals surface area contributed by atoms with E-state index >= 15 is 0 Å². The Labute approximate surface area is 244 Å². The van der Waals surface area contributed by atoms with Gasteiger partial charge in [0.05, 0.1) is 25.5 Å². The smallest absolute Gasteiger partial charge is 0.342 e. The Morgan fingerprint density at radius 2 is 1.86 bits per heavy atom. The fourth-order valence-corrected chi connectivity index (χ4v) is 6.37. The largest absolute Gasteiger partial charge is 0.495 e. The summed E-state index contributed by atoms with van der Waals surface area (Å²) in [5.41, 5.74) is 1.23. The number of halogens is 2. The molecule has 0 unspecified atom stereocenters. The first kappa shape index (κ1) is 28.5. The Kier molecular flexibility index (Phi) is 7.88. The molecule has 3 aliphatic heterocycles. The minimum absolute atomic E-state index is 0.124. The Morgan fingerprint density at radius 1 is 1.12 bits per heavy atom. The van der Waals surface area contributed by atoms with Crippen molar-refractivity contribution in [1.29, 1.82) is 0 Å². The molecule has 1 aliphatic carbocycles. The molecule has 13 heteroatoms. The molecule has 0 spiro atoms. The number of hydrogen-bond acceptors (Lipinski definition) is 9. The summed E-state index contributed by atoms with van der Waals surface area (Å²) in [5.74, 6) is -4.10. The third-order valence-corrected chi connectivity index (χ3v) is 8.99. The standard InChI is InChI=1S/C29H38F2N8O3/c1-37-23-16-33-28(36-25(23)39(20-5-3-4-6-20)17-29(30,31)27(37)41)35-22-8-7-18(13-24(22)42-2)26(40)34-19-9-11-38(12-10-19)21-14-32-15-21/h7-8,13,16,19-21,32H,3-6,9-12,14-15,17H2,1-2H3,(H,34,40)(H,33,35,36). The number of amides is 2.